The van der Waals surface area contributed by atoms with Gasteiger partial charge in [0.05, 0.1) is 12.3 Å². The number of hydrogen-bond acceptors (Lipinski definition) is 3. The Bertz CT molecular complexity index is 553. The zero-order valence-corrected chi connectivity index (χ0v) is 11.4. The molecule has 0 fully saturated rings. The zero-order chi connectivity index (χ0) is 14.4. The first-order valence-corrected chi connectivity index (χ1v) is 6.50. The first-order chi connectivity index (χ1) is 9.76. The van der Waals surface area contributed by atoms with Gasteiger partial charge in [-0.15, -0.1) is 0 Å². The van der Waals surface area contributed by atoms with Gasteiger partial charge >= 0.3 is 0 Å². The lowest BCUT2D eigenvalue weighted by molar-refractivity contribution is -0.109. The molecule has 1 amide bonds. The van der Waals surface area contributed by atoms with Gasteiger partial charge in [0.2, 0.25) is 6.41 Å². The predicted molar refractivity (Wildman–Crippen MR) is 75.8 cm³/mol. The van der Waals surface area contributed by atoms with E-state index >= 15 is 0 Å². The predicted octanol–water partition coefficient (Wildman–Crippen LogP) is 2.49. The van der Waals surface area contributed by atoms with Crippen molar-refractivity contribution in [1.82, 2.24) is 5.43 Å². The van der Waals surface area contributed by atoms with E-state index in [0.29, 0.717) is 23.2 Å². The number of rotatable bonds is 6. The van der Waals surface area contributed by atoms with E-state index in [9.17, 15) is 9.18 Å². The van der Waals surface area contributed by atoms with Crippen LogP contribution in [0.2, 0.25) is 0 Å². The first-order valence-electron chi connectivity index (χ1n) is 6.50. The maximum Gasteiger partial charge on any atom is 0.227 e. The van der Waals surface area contributed by atoms with Crippen molar-refractivity contribution in [3.8, 4) is 0 Å². The molecule has 0 radical (unpaired) electrons. The van der Waals surface area contributed by atoms with E-state index in [1.54, 1.807) is 12.1 Å². The summed E-state index contributed by atoms with van der Waals surface area (Å²) in [5, 5.41) is 3.86. The fourth-order valence-corrected chi connectivity index (χ4v) is 2.29. The quantitative estimate of drug-likeness (QED) is 0.493. The number of methoxy groups -OCH3 is 1. The summed E-state index contributed by atoms with van der Waals surface area (Å²) in [7, 11) is 1.52. The molecule has 0 bridgehead atoms. The zero-order valence-electron chi connectivity index (χ0n) is 11.4. The highest BCUT2D eigenvalue weighted by atomic mass is 19.1. The van der Waals surface area contributed by atoms with Crippen LogP contribution in [-0.2, 0) is 9.53 Å². The molecule has 1 aliphatic carbocycles. The van der Waals surface area contributed by atoms with Gasteiger partial charge in [-0.3, -0.25) is 4.79 Å². The number of allylic oxidation sites excluding steroid dienone is 2. The molecule has 0 atom stereocenters. The first kappa shape index (κ1) is 14.4. The molecule has 1 N–H and O–H groups in total. The number of hydrogen-bond donors (Lipinski definition) is 1. The molecule has 0 aromatic heterocycles. The summed E-state index contributed by atoms with van der Waals surface area (Å²) in [6, 6.07) is 4.98. The number of halogens is 1. The van der Waals surface area contributed by atoms with Crippen LogP contribution in [0.15, 0.2) is 29.4 Å². The summed E-state index contributed by atoms with van der Waals surface area (Å²) in [5.41, 5.74) is 5.00. The van der Waals surface area contributed by atoms with Gasteiger partial charge in [0.25, 0.3) is 0 Å². The molecule has 20 heavy (non-hydrogen) atoms. The molecule has 4 nitrogen and oxygen atoms in total. The Kier molecular flexibility index (Phi) is 5.01. The molecule has 0 aliphatic heterocycles. The van der Waals surface area contributed by atoms with Crippen LogP contribution >= 0.6 is 0 Å². The van der Waals surface area contributed by atoms with Crippen molar-refractivity contribution in [2.45, 2.75) is 19.3 Å². The highest BCUT2D eigenvalue weighted by Crippen LogP contribution is 2.29. The fraction of sp³-hybridized carbons (Fsp3) is 0.333. The van der Waals surface area contributed by atoms with Gasteiger partial charge in [-0.2, -0.15) is 5.10 Å². The molecule has 5 heteroatoms. The number of hydrazone groups is 1. The summed E-state index contributed by atoms with van der Waals surface area (Å²) < 4.78 is 19.2. The number of carbonyl (C=O) groups is 1. The lowest BCUT2D eigenvalue weighted by atomic mass is 10.0. The summed E-state index contributed by atoms with van der Waals surface area (Å²) in [6.45, 7) is 0.197. The standard InChI is InChI=1S/C15H17FN2O2/c1-20-9-15(18-17-10-19)12-6-7-13(14(16)8-12)11-4-2-3-5-11/h4,6-8,10H,2-3,5,9H2,1H3,(H,17,19)/b18-15+. The highest BCUT2D eigenvalue weighted by molar-refractivity contribution is 6.02. The van der Waals surface area contributed by atoms with E-state index in [1.165, 1.54) is 13.2 Å². The van der Waals surface area contributed by atoms with Crippen LogP contribution in [0.1, 0.15) is 30.4 Å². The highest BCUT2D eigenvalue weighted by Gasteiger charge is 2.13. The topological polar surface area (TPSA) is 50.7 Å². The molecule has 0 spiro atoms. The molecule has 0 heterocycles. The van der Waals surface area contributed by atoms with Crippen LogP contribution in [0, 0.1) is 5.82 Å². The van der Waals surface area contributed by atoms with Crippen molar-refractivity contribution in [3.05, 3.63) is 41.2 Å². The van der Waals surface area contributed by atoms with Gasteiger partial charge in [0.1, 0.15) is 5.82 Å². The number of carbonyl (C=O) groups excluding carboxylic acids is 1. The van der Waals surface area contributed by atoms with E-state index in [2.05, 4.69) is 16.6 Å². The minimum atomic E-state index is -0.273. The monoisotopic (exact) mass is 276 g/mol. The molecule has 106 valence electrons. The summed E-state index contributed by atoms with van der Waals surface area (Å²) in [4.78, 5) is 10.3. The van der Waals surface area contributed by atoms with E-state index in [4.69, 9.17) is 4.74 Å². The molecule has 1 aromatic rings. The van der Waals surface area contributed by atoms with E-state index in [-0.39, 0.29) is 12.4 Å². The third-order valence-electron chi connectivity index (χ3n) is 3.22. The smallest absolute Gasteiger partial charge is 0.227 e. The van der Waals surface area contributed by atoms with Crippen LogP contribution in [0.25, 0.3) is 5.57 Å². The lowest BCUT2D eigenvalue weighted by Crippen LogP contribution is -2.15. The second-order valence-corrected chi connectivity index (χ2v) is 4.55. The minimum absolute atomic E-state index is 0.197. The Hall–Kier alpha value is -2.01. The lowest BCUT2D eigenvalue weighted by Gasteiger charge is -2.09. The average Bonchev–Trinajstić information content (AvgIpc) is 2.97. The minimum Gasteiger partial charge on any atom is -0.378 e. The Morgan fingerprint density at radius 1 is 1.55 bits per heavy atom. The molecular weight excluding hydrogens is 259 g/mol. The number of benzene rings is 1. The molecule has 0 saturated heterocycles. The fourth-order valence-electron chi connectivity index (χ4n) is 2.29. The van der Waals surface area contributed by atoms with Crippen LogP contribution in [0.5, 0.6) is 0 Å². The van der Waals surface area contributed by atoms with Crippen LogP contribution in [0.4, 0.5) is 4.39 Å². The van der Waals surface area contributed by atoms with Crippen molar-refractivity contribution < 1.29 is 13.9 Å². The van der Waals surface area contributed by atoms with E-state index in [0.717, 1.165) is 24.8 Å². The van der Waals surface area contributed by atoms with E-state index < -0.39 is 0 Å². The van der Waals surface area contributed by atoms with Crippen LogP contribution < -0.4 is 5.43 Å². The Balaban J connectivity index is 2.28. The Labute approximate surface area is 117 Å². The summed E-state index contributed by atoms with van der Waals surface area (Å²) in [6.07, 6.45) is 5.55. The van der Waals surface area contributed by atoms with Gasteiger partial charge < -0.3 is 4.74 Å². The maximum absolute atomic E-state index is 14.2. The Morgan fingerprint density at radius 2 is 2.40 bits per heavy atom. The van der Waals surface area contributed by atoms with Crippen molar-refractivity contribution in [1.29, 1.82) is 0 Å². The normalized spacial score (nSPS) is 15.1. The molecular formula is C15H17FN2O2. The summed E-state index contributed by atoms with van der Waals surface area (Å²) >= 11 is 0. The average molecular weight is 276 g/mol. The molecule has 0 unspecified atom stereocenters. The number of nitrogens with one attached hydrogen (secondary N) is 1. The van der Waals surface area contributed by atoms with Crippen LogP contribution in [-0.4, -0.2) is 25.8 Å². The molecule has 0 saturated carbocycles. The van der Waals surface area contributed by atoms with Gasteiger partial charge in [0.15, 0.2) is 0 Å². The van der Waals surface area contributed by atoms with Crippen molar-refractivity contribution >= 4 is 17.7 Å². The van der Waals surface area contributed by atoms with Gasteiger partial charge in [-0.05, 0) is 30.9 Å². The van der Waals surface area contributed by atoms with Crippen LogP contribution in [0.3, 0.4) is 0 Å². The molecule has 1 aromatic carbocycles. The van der Waals surface area contributed by atoms with Gasteiger partial charge in [-0.1, -0.05) is 18.2 Å². The number of ether oxygens (including phenoxy) is 1. The van der Waals surface area contributed by atoms with E-state index in [1.807, 2.05) is 0 Å². The second kappa shape index (κ2) is 6.96. The second-order valence-electron chi connectivity index (χ2n) is 4.55. The largest absolute Gasteiger partial charge is 0.378 e. The number of nitrogens with zero attached hydrogens (tertiary/aromatic N) is 1. The van der Waals surface area contributed by atoms with Gasteiger partial charge in [-0.25, -0.2) is 9.82 Å². The third-order valence-corrected chi connectivity index (χ3v) is 3.22. The van der Waals surface area contributed by atoms with Crippen molar-refractivity contribution in [2.24, 2.45) is 5.10 Å². The van der Waals surface area contributed by atoms with Gasteiger partial charge in [0, 0.05) is 18.2 Å². The molecule has 1 aliphatic rings. The number of amides is 1. The molecule has 2 rings (SSSR count). The summed E-state index contributed by atoms with van der Waals surface area (Å²) in [5.74, 6) is -0.273. The SMILES string of the molecule is COC/C(=N\NC=O)c1ccc(C2=CCCC2)c(F)c1. The van der Waals surface area contributed by atoms with Crippen molar-refractivity contribution in [2.75, 3.05) is 13.7 Å². The third kappa shape index (κ3) is 3.30. The van der Waals surface area contributed by atoms with Crippen molar-refractivity contribution in [3.63, 3.8) is 0 Å². The maximum atomic E-state index is 14.2. The Morgan fingerprint density at radius 3 is 3.00 bits per heavy atom.